The molecule has 92 valence electrons. The molecule has 0 heterocycles. The molecule has 6 saturated carbocycles. The minimum absolute atomic E-state index is 0.885. The summed E-state index contributed by atoms with van der Waals surface area (Å²) in [6.45, 7) is 0. The van der Waals surface area contributed by atoms with Crippen molar-refractivity contribution < 1.29 is 0 Å². The Hall–Kier alpha value is 0. The maximum Gasteiger partial charge on any atom is -0.00716 e. The standard InChI is InChI=1S/C17H24/c1-2-13(1)7-10-16-11-8-14(3-4-14)17(13,16)15(5-6-15)9-12-16/h1-12H2. The quantitative estimate of drug-likeness (QED) is 0.564. The Morgan fingerprint density at radius 2 is 0.471 bits per heavy atom. The van der Waals surface area contributed by atoms with E-state index in [1.165, 1.54) is 0 Å². The number of hydrogen-bond donors (Lipinski definition) is 0. The largest absolute Gasteiger partial charge is 0.0465 e. The van der Waals surface area contributed by atoms with E-state index in [9.17, 15) is 0 Å². The summed E-state index contributed by atoms with van der Waals surface area (Å²) in [5.74, 6) is 0. The summed E-state index contributed by atoms with van der Waals surface area (Å²) in [6.07, 6.45) is 19.7. The monoisotopic (exact) mass is 228 g/mol. The summed E-state index contributed by atoms with van der Waals surface area (Å²) in [4.78, 5) is 0. The van der Waals surface area contributed by atoms with Gasteiger partial charge in [-0.05, 0) is 104 Å². The lowest BCUT2D eigenvalue weighted by molar-refractivity contribution is -0.0337. The average molecular weight is 228 g/mol. The summed E-state index contributed by atoms with van der Waals surface area (Å²) < 4.78 is 0. The van der Waals surface area contributed by atoms with Gasteiger partial charge in [-0.25, -0.2) is 0 Å². The van der Waals surface area contributed by atoms with Crippen LogP contribution in [-0.4, -0.2) is 0 Å². The Kier molecular flexibility index (Phi) is 1.08. The zero-order valence-electron chi connectivity index (χ0n) is 11.0. The van der Waals surface area contributed by atoms with Crippen LogP contribution in [0.25, 0.3) is 0 Å². The molecule has 6 aliphatic rings. The molecule has 0 aromatic heterocycles. The smallest absolute Gasteiger partial charge is 0.00716 e. The van der Waals surface area contributed by atoms with Crippen LogP contribution in [0.15, 0.2) is 0 Å². The van der Waals surface area contributed by atoms with Gasteiger partial charge in [0.25, 0.3) is 0 Å². The first kappa shape index (κ1) is 8.99. The molecule has 0 aromatic carbocycles. The minimum atomic E-state index is 0.885. The van der Waals surface area contributed by atoms with Gasteiger partial charge in [-0.1, -0.05) is 0 Å². The van der Waals surface area contributed by atoms with Gasteiger partial charge >= 0.3 is 0 Å². The van der Waals surface area contributed by atoms with Crippen LogP contribution in [0.3, 0.4) is 0 Å². The summed E-state index contributed by atoms with van der Waals surface area (Å²) >= 11 is 0. The summed E-state index contributed by atoms with van der Waals surface area (Å²) in [5, 5.41) is 0. The van der Waals surface area contributed by atoms with Crippen LogP contribution in [0.5, 0.6) is 0 Å². The first-order valence-electron chi connectivity index (χ1n) is 8.24. The van der Waals surface area contributed by atoms with Crippen molar-refractivity contribution in [2.45, 2.75) is 77.0 Å². The molecule has 0 nitrogen and oxygen atoms in total. The Balaban J connectivity index is 1.72. The third-order valence-electron chi connectivity index (χ3n) is 8.99. The van der Waals surface area contributed by atoms with Gasteiger partial charge in [0.15, 0.2) is 0 Å². The number of hydrogen-bond acceptors (Lipinski definition) is 0. The molecule has 6 fully saturated rings. The zero-order chi connectivity index (χ0) is 11.0. The van der Waals surface area contributed by atoms with Gasteiger partial charge in [-0.15, -0.1) is 0 Å². The molecule has 0 N–H and O–H groups in total. The maximum absolute atomic E-state index is 1.65. The second-order valence-corrected chi connectivity index (χ2v) is 8.87. The summed E-state index contributed by atoms with van der Waals surface area (Å²) in [7, 11) is 0. The van der Waals surface area contributed by atoms with E-state index in [1.54, 1.807) is 77.0 Å². The highest BCUT2D eigenvalue weighted by Gasteiger charge is 2.91. The van der Waals surface area contributed by atoms with E-state index in [1.807, 2.05) is 0 Å². The van der Waals surface area contributed by atoms with Crippen LogP contribution >= 0.6 is 0 Å². The molecule has 6 aliphatic carbocycles. The van der Waals surface area contributed by atoms with E-state index in [2.05, 4.69) is 0 Å². The van der Waals surface area contributed by atoms with Crippen LogP contribution in [-0.2, 0) is 0 Å². The Morgan fingerprint density at radius 3 is 0.647 bits per heavy atom. The highest BCUT2D eigenvalue weighted by Crippen LogP contribution is 2.99. The molecule has 0 heteroatoms. The van der Waals surface area contributed by atoms with Crippen molar-refractivity contribution in [3.05, 3.63) is 0 Å². The van der Waals surface area contributed by atoms with Gasteiger partial charge in [0.05, 0.1) is 0 Å². The zero-order valence-corrected chi connectivity index (χ0v) is 11.0. The second kappa shape index (κ2) is 2.04. The maximum atomic E-state index is 1.65. The Morgan fingerprint density at radius 1 is 0.294 bits per heavy atom. The molecular weight excluding hydrogens is 204 g/mol. The summed E-state index contributed by atoms with van der Waals surface area (Å²) in [5.41, 5.74) is 4.53. The topological polar surface area (TPSA) is 0 Å². The fourth-order valence-electron chi connectivity index (χ4n) is 8.64. The average Bonchev–Trinajstić information content (AvgIpc) is 3.18. The molecule has 0 aliphatic heterocycles. The molecule has 0 unspecified atom stereocenters. The van der Waals surface area contributed by atoms with Crippen molar-refractivity contribution >= 4 is 0 Å². The van der Waals surface area contributed by atoms with Crippen molar-refractivity contribution in [1.29, 1.82) is 0 Å². The van der Waals surface area contributed by atoms with E-state index in [0.29, 0.717) is 0 Å². The van der Waals surface area contributed by atoms with E-state index in [0.717, 1.165) is 27.1 Å². The van der Waals surface area contributed by atoms with Crippen LogP contribution < -0.4 is 0 Å². The van der Waals surface area contributed by atoms with Crippen LogP contribution in [0.1, 0.15) is 77.0 Å². The molecule has 3 spiro atoms. The molecule has 0 atom stereocenters. The van der Waals surface area contributed by atoms with Crippen molar-refractivity contribution in [1.82, 2.24) is 0 Å². The second-order valence-electron chi connectivity index (χ2n) is 8.87. The molecule has 6 rings (SSSR count). The molecule has 17 heavy (non-hydrogen) atoms. The van der Waals surface area contributed by atoms with Crippen molar-refractivity contribution in [2.24, 2.45) is 27.1 Å². The van der Waals surface area contributed by atoms with Gasteiger partial charge in [0, 0.05) is 0 Å². The molecular formula is C17H24. The summed E-state index contributed by atoms with van der Waals surface area (Å²) in [6, 6.07) is 0. The van der Waals surface area contributed by atoms with Crippen LogP contribution in [0.4, 0.5) is 0 Å². The van der Waals surface area contributed by atoms with Crippen molar-refractivity contribution in [3.8, 4) is 0 Å². The highest BCUT2D eigenvalue weighted by molar-refractivity contribution is 5.39. The molecule has 0 amide bonds. The minimum Gasteiger partial charge on any atom is -0.0465 e. The van der Waals surface area contributed by atoms with Gasteiger partial charge in [0.1, 0.15) is 0 Å². The van der Waals surface area contributed by atoms with E-state index >= 15 is 0 Å². The predicted octanol–water partition coefficient (Wildman–Crippen LogP) is 4.68. The van der Waals surface area contributed by atoms with Crippen molar-refractivity contribution in [3.63, 3.8) is 0 Å². The lowest BCUT2D eigenvalue weighted by atomic mass is 9.54. The lowest BCUT2D eigenvalue weighted by Gasteiger charge is -2.50. The van der Waals surface area contributed by atoms with Crippen molar-refractivity contribution in [2.75, 3.05) is 0 Å². The van der Waals surface area contributed by atoms with Crippen LogP contribution in [0, 0.1) is 27.1 Å². The third kappa shape index (κ3) is 0.605. The van der Waals surface area contributed by atoms with E-state index in [-0.39, 0.29) is 0 Å². The lowest BCUT2D eigenvalue weighted by Crippen LogP contribution is -2.46. The first-order valence-corrected chi connectivity index (χ1v) is 8.24. The van der Waals surface area contributed by atoms with Gasteiger partial charge in [-0.3, -0.25) is 0 Å². The molecule has 0 aromatic rings. The third-order valence-corrected chi connectivity index (χ3v) is 8.99. The van der Waals surface area contributed by atoms with Gasteiger partial charge in [-0.2, -0.15) is 0 Å². The van der Waals surface area contributed by atoms with Gasteiger partial charge in [0.2, 0.25) is 0 Å². The predicted molar refractivity (Wildman–Crippen MR) is 67.6 cm³/mol. The first-order chi connectivity index (χ1) is 8.24. The fourth-order valence-corrected chi connectivity index (χ4v) is 8.64. The SMILES string of the molecule is C1CC12CCC13CCC4(CC4)C21C1(CC1)CC3. The normalized spacial score (nSPS) is 56.5. The fraction of sp³-hybridized carbons (Fsp3) is 1.00. The molecule has 0 saturated heterocycles. The number of rotatable bonds is 0. The van der Waals surface area contributed by atoms with E-state index < -0.39 is 0 Å². The van der Waals surface area contributed by atoms with Gasteiger partial charge < -0.3 is 0 Å². The molecule has 0 bridgehead atoms. The molecule has 0 radical (unpaired) electrons. The Bertz CT molecular complexity index is 368. The highest BCUT2D eigenvalue weighted by atomic mass is 14.9. The van der Waals surface area contributed by atoms with E-state index in [4.69, 9.17) is 0 Å². The Labute approximate surface area is 105 Å². The van der Waals surface area contributed by atoms with Crippen LogP contribution in [0.2, 0.25) is 0 Å².